The number of halogens is 1. The van der Waals surface area contributed by atoms with Gasteiger partial charge in [-0.1, -0.05) is 37.3 Å². The lowest BCUT2D eigenvalue weighted by atomic mass is 9.82. The van der Waals surface area contributed by atoms with Crippen LogP contribution in [0.3, 0.4) is 0 Å². The van der Waals surface area contributed by atoms with Gasteiger partial charge in [-0.15, -0.1) is 0 Å². The number of hydrogen-bond acceptors (Lipinski definition) is 8. The summed E-state index contributed by atoms with van der Waals surface area (Å²) in [7, 11) is 0. The molecule has 10 heteroatoms. The lowest BCUT2D eigenvalue weighted by Crippen LogP contribution is -2.54. The molecule has 5 aliphatic heterocycles. The van der Waals surface area contributed by atoms with Gasteiger partial charge in [0.25, 0.3) is 0 Å². The maximum Gasteiger partial charge on any atom is 0.410 e. The van der Waals surface area contributed by atoms with Crippen LogP contribution in [-0.2, 0) is 24.1 Å². The average molecular weight is 672 g/mol. The second-order valence-electron chi connectivity index (χ2n) is 16.0. The molecule has 6 atom stereocenters. The first-order chi connectivity index (χ1) is 23.5. The number of aryl methyl sites for hydroxylation is 1. The maximum absolute atomic E-state index is 14.6. The van der Waals surface area contributed by atoms with E-state index in [1.54, 1.807) is 4.90 Å². The fourth-order valence-corrected chi connectivity index (χ4v) is 9.67. The molecule has 2 bridgehead atoms. The molecule has 4 saturated heterocycles. The number of benzene rings is 2. The Kier molecular flexibility index (Phi) is 8.25. The average Bonchev–Trinajstić information content (AvgIpc) is 3.72. The number of aromatic nitrogens is 2. The Morgan fingerprint density at radius 1 is 1.12 bits per heavy atom. The Bertz CT molecular complexity index is 1740. The minimum absolute atomic E-state index is 0.0302. The third-order valence-corrected chi connectivity index (χ3v) is 11.8. The minimum Gasteiger partial charge on any atom is -0.461 e. The number of carbonyl (C=O) groups is 1. The quantitative estimate of drug-likeness (QED) is 0.326. The summed E-state index contributed by atoms with van der Waals surface area (Å²) in [6.45, 7) is 10.9. The van der Waals surface area contributed by atoms with Crippen LogP contribution in [0.1, 0.15) is 94.7 Å². The number of anilines is 1. The first-order valence-electron chi connectivity index (χ1n) is 18.4. The van der Waals surface area contributed by atoms with E-state index >= 15 is 0 Å². The van der Waals surface area contributed by atoms with Crippen molar-refractivity contribution >= 4 is 22.6 Å². The molecule has 1 amide bonds. The fraction of sp³-hybridized carbons (Fsp3) is 0.615. The van der Waals surface area contributed by atoms with Crippen LogP contribution in [0.15, 0.2) is 36.4 Å². The smallest absolute Gasteiger partial charge is 0.410 e. The van der Waals surface area contributed by atoms with Gasteiger partial charge >= 0.3 is 12.1 Å². The van der Waals surface area contributed by atoms with Gasteiger partial charge in [0.05, 0.1) is 35.6 Å². The molecule has 0 saturated carbocycles. The standard InChI is InChI=1S/C39H50FN5O4/c1-5-24-9-6-10-25-11-7-12-31(33(24)25)43-18-15-28-30(22-43)41-36(48-23-39-16-8-17-44(39)21-26(40)20-39)42-34(28)29-19-27-13-14-32(35(29)46)45(27)37(47)49-38(2,3)4/h6-7,9-12,26-27,29,32,35,46H,5,8,13-23H2,1-4H3/t26-,27?,29?,32?,35?,39+/m1/s1. The van der Waals surface area contributed by atoms with Gasteiger partial charge in [-0.05, 0) is 94.8 Å². The summed E-state index contributed by atoms with van der Waals surface area (Å²) in [4.78, 5) is 29.9. The predicted octanol–water partition coefficient (Wildman–Crippen LogP) is 6.33. The Labute approximate surface area is 288 Å². The second-order valence-corrected chi connectivity index (χ2v) is 16.0. The van der Waals surface area contributed by atoms with E-state index in [2.05, 4.69) is 53.1 Å². The molecule has 0 spiro atoms. The minimum atomic E-state index is -0.841. The maximum atomic E-state index is 14.6. The summed E-state index contributed by atoms with van der Waals surface area (Å²) in [5.74, 6) is -0.256. The van der Waals surface area contributed by atoms with Crippen molar-refractivity contribution in [2.45, 2.75) is 127 Å². The van der Waals surface area contributed by atoms with E-state index in [1.807, 2.05) is 20.8 Å². The molecule has 4 fully saturated rings. The van der Waals surface area contributed by atoms with Crippen LogP contribution in [0.4, 0.5) is 14.9 Å². The zero-order valence-electron chi connectivity index (χ0n) is 29.3. The van der Waals surface area contributed by atoms with Gasteiger partial charge in [-0.3, -0.25) is 9.80 Å². The van der Waals surface area contributed by atoms with Crippen LogP contribution in [0.5, 0.6) is 6.01 Å². The van der Waals surface area contributed by atoms with Crippen LogP contribution in [0.25, 0.3) is 10.8 Å². The largest absolute Gasteiger partial charge is 0.461 e. The van der Waals surface area contributed by atoms with Crippen molar-refractivity contribution in [1.29, 1.82) is 0 Å². The van der Waals surface area contributed by atoms with E-state index in [0.717, 1.165) is 68.6 Å². The summed E-state index contributed by atoms with van der Waals surface area (Å²) >= 11 is 0. The zero-order chi connectivity index (χ0) is 34.1. The van der Waals surface area contributed by atoms with Crippen LogP contribution >= 0.6 is 0 Å². The van der Waals surface area contributed by atoms with Gasteiger partial charge in [0.2, 0.25) is 0 Å². The highest BCUT2D eigenvalue weighted by atomic mass is 19.1. The molecule has 3 aromatic rings. The third-order valence-electron chi connectivity index (χ3n) is 11.8. The first-order valence-corrected chi connectivity index (χ1v) is 18.4. The molecule has 1 N–H and O–H groups in total. The second kappa shape index (κ2) is 12.4. The van der Waals surface area contributed by atoms with Crippen LogP contribution in [0.2, 0.25) is 0 Å². The molecule has 8 rings (SSSR count). The van der Waals surface area contributed by atoms with Crippen molar-refractivity contribution in [3.63, 3.8) is 0 Å². The number of carbonyl (C=O) groups excluding carboxylic acids is 1. The summed E-state index contributed by atoms with van der Waals surface area (Å²) in [5, 5.41) is 14.5. The van der Waals surface area contributed by atoms with E-state index in [0.29, 0.717) is 38.5 Å². The monoisotopic (exact) mass is 671 g/mol. The highest BCUT2D eigenvalue weighted by Crippen LogP contribution is 2.46. The highest BCUT2D eigenvalue weighted by Gasteiger charge is 2.52. The number of aliphatic hydroxyl groups excluding tert-OH is 1. The van der Waals surface area contributed by atoms with Crippen molar-refractivity contribution in [3.05, 3.63) is 58.9 Å². The Morgan fingerprint density at radius 3 is 2.73 bits per heavy atom. The number of rotatable bonds is 6. The molecule has 6 heterocycles. The van der Waals surface area contributed by atoms with Crippen molar-refractivity contribution in [1.82, 2.24) is 19.8 Å². The molecule has 0 aliphatic carbocycles. The summed E-state index contributed by atoms with van der Waals surface area (Å²) in [5.41, 5.74) is 4.44. The molecular weight excluding hydrogens is 621 g/mol. The fourth-order valence-electron chi connectivity index (χ4n) is 9.67. The normalized spacial score (nSPS) is 29.7. The third kappa shape index (κ3) is 5.82. The lowest BCUT2D eigenvalue weighted by Gasteiger charge is -2.43. The Hall–Kier alpha value is -3.50. The van der Waals surface area contributed by atoms with Gasteiger partial charge in [0.1, 0.15) is 18.4 Å². The topological polar surface area (TPSA) is 91.3 Å². The molecule has 9 nitrogen and oxygen atoms in total. The number of ether oxygens (including phenoxy) is 2. The number of fused-ring (bicyclic) bond motifs is 5. The summed E-state index contributed by atoms with van der Waals surface area (Å²) in [6.07, 6.45) is 4.29. The van der Waals surface area contributed by atoms with E-state index in [-0.39, 0.29) is 29.6 Å². The van der Waals surface area contributed by atoms with Crippen LogP contribution in [0, 0.1) is 0 Å². The van der Waals surface area contributed by atoms with Gasteiger partial charge in [-0.25, -0.2) is 9.18 Å². The number of piperidine rings is 1. The number of amides is 1. The molecule has 4 unspecified atom stereocenters. The van der Waals surface area contributed by atoms with Gasteiger partial charge < -0.3 is 19.5 Å². The van der Waals surface area contributed by atoms with E-state index in [9.17, 15) is 14.3 Å². The number of nitrogens with zero attached hydrogens (tertiary/aromatic N) is 5. The molecule has 5 aliphatic rings. The van der Waals surface area contributed by atoms with E-state index in [1.165, 1.54) is 22.0 Å². The summed E-state index contributed by atoms with van der Waals surface area (Å²) < 4.78 is 26.9. The van der Waals surface area contributed by atoms with E-state index in [4.69, 9.17) is 19.4 Å². The molecule has 262 valence electrons. The summed E-state index contributed by atoms with van der Waals surface area (Å²) in [6, 6.07) is 13.0. The first kappa shape index (κ1) is 32.7. The van der Waals surface area contributed by atoms with Crippen molar-refractivity contribution in [2.24, 2.45) is 0 Å². The Morgan fingerprint density at radius 2 is 1.94 bits per heavy atom. The number of hydrogen-bond donors (Lipinski definition) is 1. The number of aliphatic hydroxyl groups is 1. The highest BCUT2D eigenvalue weighted by molar-refractivity contribution is 5.97. The Balaban J connectivity index is 1.14. The van der Waals surface area contributed by atoms with Crippen molar-refractivity contribution in [3.8, 4) is 6.01 Å². The van der Waals surface area contributed by atoms with Crippen LogP contribution < -0.4 is 9.64 Å². The van der Waals surface area contributed by atoms with Crippen molar-refractivity contribution in [2.75, 3.05) is 31.1 Å². The number of alkyl halides is 1. The molecule has 0 radical (unpaired) electrons. The van der Waals surface area contributed by atoms with Gasteiger partial charge in [-0.2, -0.15) is 9.97 Å². The molecule has 1 aromatic heterocycles. The molecule has 2 aromatic carbocycles. The van der Waals surface area contributed by atoms with Crippen LogP contribution in [-0.4, -0.2) is 92.7 Å². The van der Waals surface area contributed by atoms with E-state index < -0.39 is 17.9 Å². The predicted molar refractivity (Wildman–Crippen MR) is 187 cm³/mol. The zero-order valence-corrected chi connectivity index (χ0v) is 29.3. The SMILES string of the molecule is CCc1cccc2cccc(N3CCc4c(nc(OC[C@@]56CCCN5C[C@H](F)C6)nc4C4CC5CCC(C4O)N5C(=O)OC(C)(C)C)C3)c12. The molecule has 49 heavy (non-hydrogen) atoms. The van der Waals surface area contributed by atoms with Gasteiger partial charge in [0, 0.05) is 42.5 Å². The van der Waals surface area contributed by atoms with Gasteiger partial charge in [0.15, 0.2) is 0 Å². The lowest BCUT2D eigenvalue weighted by molar-refractivity contribution is -0.0309. The molecular formula is C39H50FN5O4. The van der Waals surface area contributed by atoms with Crippen molar-refractivity contribution < 1.29 is 23.8 Å².